The lowest BCUT2D eigenvalue weighted by molar-refractivity contribution is 0.0729. The van der Waals surface area contributed by atoms with Gasteiger partial charge in [0.15, 0.2) is 5.82 Å². The van der Waals surface area contributed by atoms with Crippen molar-refractivity contribution in [3.05, 3.63) is 76.0 Å². The van der Waals surface area contributed by atoms with Gasteiger partial charge in [-0.1, -0.05) is 35.5 Å². The standard InChI is InChI=1S/C18H18N6O2/c25-16-9-8-14(12-23(16)11-13-5-2-1-3-6-13)18(26)24-10-4-7-15(24)17-19-21-22-20-17/h1-3,5-6,8-9,12,15H,4,7,10-11H2,(H,19,20,21,22)/t15-/m1/s1. The SMILES string of the molecule is O=C(c1ccc(=O)n(Cc2ccccc2)c1)N1CCC[C@@H]1c1nn[nH]n1. The van der Waals surface area contributed by atoms with Gasteiger partial charge < -0.3 is 9.47 Å². The van der Waals surface area contributed by atoms with Crippen LogP contribution in [0.2, 0.25) is 0 Å². The molecule has 0 radical (unpaired) electrons. The lowest BCUT2D eigenvalue weighted by atomic mass is 10.2. The number of aromatic amines is 1. The van der Waals surface area contributed by atoms with Gasteiger partial charge in [0, 0.05) is 18.8 Å². The van der Waals surface area contributed by atoms with E-state index < -0.39 is 0 Å². The normalized spacial score (nSPS) is 16.8. The van der Waals surface area contributed by atoms with Crippen LogP contribution in [-0.4, -0.2) is 42.5 Å². The van der Waals surface area contributed by atoms with E-state index in [0.717, 1.165) is 18.4 Å². The van der Waals surface area contributed by atoms with Gasteiger partial charge in [-0.05, 0) is 24.5 Å². The van der Waals surface area contributed by atoms with Crippen LogP contribution in [0.5, 0.6) is 0 Å². The van der Waals surface area contributed by atoms with Gasteiger partial charge in [0.1, 0.15) is 0 Å². The van der Waals surface area contributed by atoms with Crippen molar-refractivity contribution in [1.29, 1.82) is 0 Å². The first-order chi connectivity index (χ1) is 12.7. The van der Waals surface area contributed by atoms with E-state index in [1.807, 2.05) is 30.3 Å². The van der Waals surface area contributed by atoms with Crippen LogP contribution in [0.25, 0.3) is 0 Å². The third kappa shape index (κ3) is 3.13. The molecule has 1 aliphatic rings. The van der Waals surface area contributed by atoms with Gasteiger partial charge in [-0.15, -0.1) is 10.2 Å². The second-order valence-electron chi connectivity index (χ2n) is 6.30. The predicted molar refractivity (Wildman–Crippen MR) is 93.4 cm³/mol. The average molecular weight is 350 g/mol. The highest BCUT2D eigenvalue weighted by Crippen LogP contribution is 2.30. The van der Waals surface area contributed by atoms with Crippen LogP contribution in [0.4, 0.5) is 0 Å². The molecule has 4 rings (SSSR count). The number of nitrogens with zero attached hydrogens (tertiary/aromatic N) is 5. The van der Waals surface area contributed by atoms with Crippen LogP contribution in [0, 0.1) is 0 Å². The number of amides is 1. The zero-order valence-electron chi connectivity index (χ0n) is 14.1. The first-order valence-corrected chi connectivity index (χ1v) is 8.51. The molecule has 2 aromatic heterocycles. The van der Waals surface area contributed by atoms with Crippen molar-refractivity contribution in [2.75, 3.05) is 6.54 Å². The van der Waals surface area contributed by atoms with E-state index in [0.29, 0.717) is 24.5 Å². The highest BCUT2D eigenvalue weighted by atomic mass is 16.2. The van der Waals surface area contributed by atoms with Gasteiger partial charge in [-0.25, -0.2) is 0 Å². The van der Waals surface area contributed by atoms with Gasteiger partial charge in [-0.3, -0.25) is 9.59 Å². The number of likely N-dealkylation sites (tertiary alicyclic amines) is 1. The summed E-state index contributed by atoms with van der Waals surface area (Å²) >= 11 is 0. The summed E-state index contributed by atoms with van der Waals surface area (Å²) in [5.74, 6) is 0.396. The van der Waals surface area contributed by atoms with Crippen molar-refractivity contribution >= 4 is 5.91 Å². The van der Waals surface area contributed by atoms with Gasteiger partial charge in [0.2, 0.25) is 0 Å². The number of pyridine rings is 1. The van der Waals surface area contributed by atoms with E-state index in [1.165, 1.54) is 6.07 Å². The molecule has 0 unspecified atom stereocenters. The molecule has 1 atom stereocenters. The summed E-state index contributed by atoms with van der Waals surface area (Å²) in [4.78, 5) is 26.9. The minimum atomic E-state index is -0.184. The molecule has 0 saturated carbocycles. The molecule has 8 nitrogen and oxygen atoms in total. The maximum absolute atomic E-state index is 13.0. The molecule has 3 aromatic rings. The van der Waals surface area contributed by atoms with Gasteiger partial charge in [-0.2, -0.15) is 5.21 Å². The maximum atomic E-state index is 13.0. The molecule has 0 bridgehead atoms. The molecule has 1 aromatic carbocycles. The Labute approximate surface area is 149 Å². The minimum Gasteiger partial charge on any atom is -0.328 e. The molecule has 26 heavy (non-hydrogen) atoms. The van der Waals surface area contributed by atoms with Gasteiger partial charge >= 0.3 is 0 Å². The zero-order valence-corrected chi connectivity index (χ0v) is 14.1. The summed E-state index contributed by atoms with van der Waals surface area (Å²) < 4.78 is 1.56. The summed E-state index contributed by atoms with van der Waals surface area (Å²) in [7, 11) is 0. The Hall–Kier alpha value is -3.29. The third-order valence-electron chi connectivity index (χ3n) is 4.60. The molecule has 3 heterocycles. The molecule has 0 spiro atoms. The largest absolute Gasteiger partial charge is 0.328 e. The molecule has 1 amide bonds. The number of nitrogens with one attached hydrogen (secondary N) is 1. The molecule has 1 saturated heterocycles. The van der Waals surface area contributed by atoms with Crippen molar-refractivity contribution in [2.45, 2.75) is 25.4 Å². The molecule has 132 valence electrons. The maximum Gasteiger partial charge on any atom is 0.255 e. The van der Waals surface area contributed by atoms with Crippen LogP contribution < -0.4 is 5.56 Å². The van der Waals surface area contributed by atoms with Gasteiger partial charge in [0.05, 0.1) is 18.2 Å². The summed E-state index contributed by atoms with van der Waals surface area (Å²) in [5, 5.41) is 14.1. The fourth-order valence-electron chi connectivity index (χ4n) is 3.32. The van der Waals surface area contributed by atoms with Crippen molar-refractivity contribution in [1.82, 2.24) is 30.1 Å². The zero-order chi connectivity index (χ0) is 17.9. The van der Waals surface area contributed by atoms with E-state index in [9.17, 15) is 9.59 Å². The number of benzene rings is 1. The quantitative estimate of drug-likeness (QED) is 0.767. The van der Waals surface area contributed by atoms with Crippen LogP contribution >= 0.6 is 0 Å². The predicted octanol–water partition coefficient (Wildman–Crippen LogP) is 1.39. The number of H-pyrrole nitrogens is 1. The summed E-state index contributed by atoms with van der Waals surface area (Å²) in [5.41, 5.74) is 1.35. The molecule has 0 aliphatic carbocycles. The number of tetrazole rings is 1. The fraction of sp³-hybridized carbons (Fsp3) is 0.278. The highest BCUT2D eigenvalue weighted by molar-refractivity contribution is 5.94. The third-order valence-corrected chi connectivity index (χ3v) is 4.60. The van der Waals surface area contributed by atoms with Crippen molar-refractivity contribution in [3.63, 3.8) is 0 Å². The van der Waals surface area contributed by atoms with E-state index in [-0.39, 0.29) is 17.5 Å². The number of aromatic nitrogens is 5. The van der Waals surface area contributed by atoms with Crippen molar-refractivity contribution < 1.29 is 4.79 Å². The fourth-order valence-corrected chi connectivity index (χ4v) is 3.32. The minimum absolute atomic E-state index is 0.126. The topological polar surface area (TPSA) is 96.8 Å². The lowest BCUT2D eigenvalue weighted by Gasteiger charge is -2.22. The first kappa shape index (κ1) is 16.2. The monoisotopic (exact) mass is 350 g/mol. The Bertz CT molecular complexity index is 951. The molecular formula is C18H18N6O2. The smallest absolute Gasteiger partial charge is 0.255 e. The van der Waals surface area contributed by atoms with Crippen molar-refractivity contribution in [2.24, 2.45) is 0 Å². The number of carbonyl (C=O) groups is 1. The number of hydrogen-bond donors (Lipinski definition) is 1. The lowest BCUT2D eigenvalue weighted by Crippen LogP contribution is -2.32. The highest BCUT2D eigenvalue weighted by Gasteiger charge is 2.33. The Morgan fingerprint density at radius 2 is 2.04 bits per heavy atom. The molecule has 1 aliphatic heterocycles. The van der Waals surface area contributed by atoms with Crippen molar-refractivity contribution in [3.8, 4) is 0 Å². The second kappa shape index (κ2) is 6.91. The summed E-state index contributed by atoms with van der Waals surface area (Å²) in [6, 6.07) is 12.5. The summed E-state index contributed by atoms with van der Waals surface area (Å²) in [6.45, 7) is 1.06. The summed E-state index contributed by atoms with van der Waals surface area (Å²) in [6.07, 6.45) is 3.31. The molecule has 1 fully saturated rings. The molecule has 1 N–H and O–H groups in total. The van der Waals surface area contributed by atoms with E-state index in [4.69, 9.17) is 0 Å². The van der Waals surface area contributed by atoms with Crippen LogP contribution in [-0.2, 0) is 6.54 Å². The van der Waals surface area contributed by atoms with E-state index in [2.05, 4.69) is 20.6 Å². The Morgan fingerprint density at radius 1 is 1.19 bits per heavy atom. The van der Waals surface area contributed by atoms with Gasteiger partial charge in [0.25, 0.3) is 11.5 Å². The average Bonchev–Trinajstić information content (AvgIpc) is 3.35. The number of hydrogen-bond acceptors (Lipinski definition) is 5. The Balaban J connectivity index is 1.60. The van der Waals surface area contributed by atoms with E-state index >= 15 is 0 Å². The first-order valence-electron chi connectivity index (χ1n) is 8.51. The van der Waals surface area contributed by atoms with Crippen LogP contribution in [0.3, 0.4) is 0 Å². The Morgan fingerprint density at radius 3 is 2.81 bits per heavy atom. The molecular weight excluding hydrogens is 332 g/mol. The number of rotatable bonds is 4. The molecule has 8 heteroatoms. The number of carbonyl (C=O) groups excluding carboxylic acids is 1. The Kier molecular flexibility index (Phi) is 4.30. The van der Waals surface area contributed by atoms with E-state index in [1.54, 1.807) is 21.7 Å². The van der Waals surface area contributed by atoms with Crippen LogP contribution in [0.15, 0.2) is 53.5 Å². The second-order valence-corrected chi connectivity index (χ2v) is 6.30. The van der Waals surface area contributed by atoms with Crippen LogP contribution in [0.1, 0.15) is 40.6 Å².